The second kappa shape index (κ2) is 5.33. The van der Waals surface area contributed by atoms with Gasteiger partial charge in [0.05, 0.1) is 5.69 Å². The van der Waals surface area contributed by atoms with Crippen molar-refractivity contribution in [3.8, 4) is 11.9 Å². The van der Waals surface area contributed by atoms with Crippen molar-refractivity contribution in [2.24, 2.45) is 7.05 Å². The van der Waals surface area contributed by atoms with Gasteiger partial charge in [-0.05, 0) is 18.2 Å². The Labute approximate surface area is 118 Å². The third kappa shape index (κ3) is 3.15. The Hall–Kier alpha value is -2.35. The number of pyridine rings is 1. The number of nitriles is 1. The van der Waals surface area contributed by atoms with Crippen molar-refractivity contribution in [2.45, 2.75) is 32.8 Å². The molecule has 2 aromatic heterocycles. The molecule has 0 saturated heterocycles. The molecule has 0 spiro atoms. The lowest BCUT2D eigenvalue weighted by molar-refractivity contribution is 0.285. The highest BCUT2D eigenvalue weighted by molar-refractivity contribution is 5.39. The van der Waals surface area contributed by atoms with Gasteiger partial charge in [0.2, 0.25) is 5.88 Å². The van der Waals surface area contributed by atoms with Gasteiger partial charge in [-0.1, -0.05) is 20.8 Å². The second-order valence-corrected chi connectivity index (χ2v) is 5.68. The molecule has 0 aromatic carbocycles. The molecule has 0 saturated carbocycles. The monoisotopic (exact) mass is 270 g/mol. The molecule has 5 nitrogen and oxygen atoms in total. The molecule has 0 amide bonds. The third-order valence-corrected chi connectivity index (χ3v) is 2.87. The fourth-order valence-corrected chi connectivity index (χ4v) is 1.74. The van der Waals surface area contributed by atoms with E-state index in [1.54, 1.807) is 10.7 Å². The average Bonchev–Trinajstić information content (AvgIpc) is 2.80. The first-order valence-electron chi connectivity index (χ1n) is 6.43. The van der Waals surface area contributed by atoms with E-state index in [-0.39, 0.29) is 5.41 Å². The molecule has 20 heavy (non-hydrogen) atoms. The largest absolute Gasteiger partial charge is 0.470 e. The number of nitrogens with zero attached hydrogens (tertiary/aromatic N) is 4. The van der Waals surface area contributed by atoms with E-state index >= 15 is 0 Å². The first kappa shape index (κ1) is 14.1. The maximum absolute atomic E-state index is 9.12. The number of ether oxygens (including phenoxy) is 1. The fraction of sp³-hybridized carbons (Fsp3) is 0.400. The SMILES string of the molecule is Cn1ccc(COc2nc(C(C)(C)C)ccc2C#N)n1. The predicted octanol–water partition coefficient (Wildman–Crippen LogP) is 2.56. The number of rotatable bonds is 3. The Balaban J connectivity index is 2.23. The fourth-order valence-electron chi connectivity index (χ4n) is 1.74. The minimum absolute atomic E-state index is 0.0862. The van der Waals surface area contributed by atoms with Crippen LogP contribution in [0.25, 0.3) is 0 Å². The molecule has 2 rings (SSSR count). The van der Waals surface area contributed by atoms with Gasteiger partial charge in [-0.25, -0.2) is 4.98 Å². The summed E-state index contributed by atoms with van der Waals surface area (Å²) in [6.45, 7) is 6.52. The quantitative estimate of drug-likeness (QED) is 0.859. The van der Waals surface area contributed by atoms with E-state index < -0.39 is 0 Å². The summed E-state index contributed by atoms with van der Waals surface area (Å²) in [7, 11) is 1.85. The van der Waals surface area contributed by atoms with Gasteiger partial charge in [0.1, 0.15) is 18.2 Å². The maximum atomic E-state index is 9.12. The van der Waals surface area contributed by atoms with E-state index in [4.69, 9.17) is 10.00 Å². The maximum Gasteiger partial charge on any atom is 0.232 e. The standard InChI is InChI=1S/C15H18N4O/c1-15(2,3)13-6-5-11(9-16)14(17-13)20-10-12-7-8-19(4)18-12/h5-8H,10H2,1-4H3. The van der Waals surface area contributed by atoms with Crippen LogP contribution >= 0.6 is 0 Å². The van der Waals surface area contributed by atoms with Crippen LogP contribution in [0.5, 0.6) is 5.88 Å². The zero-order valence-corrected chi connectivity index (χ0v) is 12.2. The van der Waals surface area contributed by atoms with Crippen LogP contribution in [0, 0.1) is 11.3 Å². The molecule has 0 N–H and O–H groups in total. The van der Waals surface area contributed by atoms with Gasteiger partial charge in [0.15, 0.2) is 0 Å². The van der Waals surface area contributed by atoms with Crippen LogP contribution < -0.4 is 4.74 Å². The summed E-state index contributed by atoms with van der Waals surface area (Å²) in [5, 5.41) is 13.4. The summed E-state index contributed by atoms with van der Waals surface area (Å²) in [5.74, 6) is 0.366. The van der Waals surface area contributed by atoms with Crippen molar-refractivity contribution >= 4 is 0 Å². The Morgan fingerprint density at radius 1 is 1.30 bits per heavy atom. The Morgan fingerprint density at radius 2 is 2.05 bits per heavy atom. The zero-order chi connectivity index (χ0) is 14.8. The molecule has 0 bridgehead atoms. The van der Waals surface area contributed by atoms with Crippen LogP contribution in [0.4, 0.5) is 0 Å². The summed E-state index contributed by atoms with van der Waals surface area (Å²) < 4.78 is 7.37. The molecule has 0 radical (unpaired) electrons. The van der Waals surface area contributed by atoms with Crippen molar-refractivity contribution in [3.05, 3.63) is 41.3 Å². The van der Waals surface area contributed by atoms with E-state index in [9.17, 15) is 0 Å². The average molecular weight is 270 g/mol. The molecular formula is C15H18N4O. The smallest absolute Gasteiger partial charge is 0.232 e. The van der Waals surface area contributed by atoms with Gasteiger partial charge >= 0.3 is 0 Å². The zero-order valence-electron chi connectivity index (χ0n) is 12.2. The van der Waals surface area contributed by atoms with Crippen molar-refractivity contribution in [1.29, 1.82) is 5.26 Å². The lowest BCUT2D eigenvalue weighted by Gasteiger charge is -2.18. The molecule has 0 aliphatic heterocycles. The molecule has 0 aliphatic rings. The van der Waals surface area contributed by atoms with Crippen molar-refractivity contribution in [2.75, 3.05) is 0 Å². The van der Waals surface area contributed by atoms with Crippen molar-refractivity contribution in [1.82, 2.24) is 14.8 Å². The normalized spacial score (nSPS) is 11.2. The highest BCUT2D eigenvalue weighted by atomic mass is 16.5. The number of aryl methyl sites for hydroxylation is 1. The molecule has 0 aliphatic carbocycles. The second-order valence-electron chi connectivity index (χ2n) is 5.68. The van der Waals surface area contributed by atoms with Crippen molar-refractivity contribution in [3.63, 3.8) is 0 Å². The molecule has 0 unspecified atom stereocenters. The minimum Gasteiger partial charge on any atom is -0.470 e. The van der Waals surface area contributed by atoms with Crippen LogP contribution in [0.1, 0.15) is 37.7 Å². The molecule has 5 heteroatoms. The minimum atomic E-state index is -0.0862. The number of hydrogen-bond donors (Lipinski definition) is 0. The molecular weight excluding hydrogens is 252 g/mol. The lowest BCUT2D eigenvalue weighted by Crippen LogP contribution is -2.14. The van der Waals surface area contributed by atoms with E-state index in [1.807, 2.05) is 25.4 Å². The highest BCUT2D eigenvalue weighted by Crippen LogP contribution is 2.25. The van der Waals surface area contributed by atoms with E-state index in [0.29, 0.717) is 18.1 Å². The van der Waals surface area contributed by atoms with E-state index in [0.717, 1.165) is 11.4 Å². The predicted molar refractivity (Wildman–Crippen MR) is 75.2 cm³/mol. The summed E-state index contributed by atoms with van der Waals surface area (Å²) in [6.07, 6.45) is 1.85. The summed E-state index contributed by atoms with van der Waals surface area (Å²) in [5.41, 5.74) is 2.05. The first-order chi connectivity index (χ1) is 9.40. The van der Waals surface area contributed by atoms with Crippen molar-refractivity contribution < 1.29 is 4.74 Å². The lowest BCUT2D eigenvalue weighted by atomic mass is 9.91. The molecule has 2 heterocycles. The van der Waals surface area contributed by atoms with E-state index in [2.05, 4.69) is 36.9 Å². The highest BCUT2D eigenvalue weighted by Gasteiger charge is 2.18. The van der Waals surface area contributed by atoms with Gasteiger partial charge in [-0.3, -0.25) is 4.68 Å². The van der Waals surface area contributed by atoms with Crippen LogP contribution in [-0.2, 0) is 19.1 Å². The van der Waals surface area contributed by atoms with Gasteiger partial charge in [0.25, 0.3) is 0 Å². The molecule has 0 atom stereocenters. The Kier molecular flexibility index (Phi) is 3.75. The van der Waals surface area contributed by atoms with Gasteiger partial charge in [0, 0.05) is 24.4 Å². The first-order valence-corrected chi connectivity index (χ1v) is 6.43. The van der Waals surface area contributed by atoms with Crippen LogP contribution in [0.3, 0.4) is 0 Å². The van der Waals surface area contributed by atoms with Crippen LogP contribution in [-0.4, -0.2) is 14.8 Å². The molecule has 0 fully saturated rings. The van der Waals surface area contributed by atoms with Crippen LogP contribution in [0.15, 0.2) is 24.4 Å². The summed E-state index contributed by atoms with van der Waals surface area (Å²) >= 11 is 0. The molecule has 104 valence electrons. The Morgan fingerprint density at radius 3 is 2.60 bits per heavy atom. The van der Waals surface area contributed by atoms with Gasteiger partial charge in [-0.2, -0.15) is 10.4 Å². The van der Waals surface area contributed by atoms with E-state index in [1.165, 1.54) is 0 Å². The van der Waals surface area contributed by atoms with Gasteiger partial charge < -0.3 is 4.74 Å². The summed E-state index contributed by atoms with van der Waals surface area (Å²) in [4.78, 5) is 4.46. The number of hydrogen-bond acceptors (Lipinski definition) is 4. The van der Waals surface area contributed by atoms with Gasteiger partial charge in [-0.15, -0.1) is 0 Å². The Bertz CT molecular complexity index is 647. The topological polar surface area (TPSA) is 63.7 Å². The number of aromatic nitrogens is 3. The molecule has 2 aromatic rings. The third-order valence-electron chi connectivity index (χ3n) is 2.87. The van der Waals surface area contributed by atoms with Crippen LogP contribution in [0.2, 0.25) is 0 Å². The summed E-state index contributed by atoms with van der Waals surface area (Å²) in [6, 6.07) is 7.60.